The van der Waals surface area contributed by atoms with Crippen molar-refractivity contribution in [1.82, 2.24) is 4.98 Å². The summed E-state index contributed by atoms with van der Waals surface area (Å²) in [5, 5.41) is 9.62. The van der Waals surface area contributed by atoms with Crippen molar-refractivity contribution in [3.63, 3.8) is 0 Å². The van der Waals surface area contributed by atoms with Crippen molar-refractivity contribution in [2.45, 2.75) is 38.9 Å². The Bertz CT molecular complexity index is 575. The summed E-state index contributed by atoms with van der Waals surface area (Å²) in [6.45, 7) is 7.61. The van der Waals surface area contributed by atoms with Gasteiger partial charge in [0.25, 0.3) is 0 Å². The number of carbonyl (C=O) groups excluding carboxylic acids is 1. The van der Waals surface area contributed by atoms with E-state index < -0.39 is 24.3 Å². The van der Waals surface area contributed by atoms with Crippen molar-refractivity contribution in [1.29, 1.82) is 0 Å². The van der Waals surface area contributed by atoms with Crippen LogP contribution in [0.4, 0.5) is 0 Å². The van der Waals surface area contributed by atoms with Crippen LogP contribution in [0, 0.1) is 0 Å². The molecule has 0 radical (unpaired) electrons. The minimum atomic E-state index is -0.619. The molecule has 2 heterocycles. The van der Waals surface area contributed by atoms with E-state index >= 15 is 0 Å². The zero-order valence-corrected chi connectivity index (χ0v) is 13.6. The first kappa shape index (κ1) is 16.8. The van der Waals surface area contributed by atoms with Crippen LogP contribution in [0.25, 0.3) is 6.08 Å². The van der Waals surface area contributed by atoms with Gasteiger partial charge in [0, 0.05) is 6.20 Å². The van der Waals surface area contributed by atoms with Gasteiger partial charge in [-0.15, -0.1) is 0 Å². The summed E-state index contributed by atoms with van der Waals surface area (Å²) in [5.74, 6) is -0.444. The quantitative estimate of drug-likeness (QED) is 0.655. The van der Waals surface area contributed by atoms with Gasteiger partial charge in [0.1, 0.15) is 5.69 Å². The molecule has 2 N–H and O–H groups in total. The van der Waals surface area contributed by atoms with E-state index in [1.807, 2.05) is 27.7 Å². The highest BCUT2D eigenvalue weighted by Crippen LogP contribution is 2.38. The van der Waals surface area contributed by atoms with Gasteiger partial charge in [0.15, 0.2) is 0 Å². The second-order valence-corrected chi connectivity index (χ2v) is 6.30. The maximum absolute atomic E-state index is 11.4. The van der Waals surface area contributed by atoms with E-state index in [0.717, 1.165) is 5.56 Å². The van der Waals surface area contributed by atoms with Crippen molar-refractivity contribution in [2.75, 3.05) is 13.7 Å². The first-order valence-electron chi connectivity index (χ1n) is 7.14. The zero-order valence-electron chi connectivity index (χ0n) is 13.6. The number of ether oxygens (including phenoxy) is 1. The fraction of sp³-hybridized carbons (Fsp3) is 0.533. The van der Waals surface area contributed by atoms with Gasteiger partial charge in [-0.1, -0.05) is 6.08 Å². The van der Waals surface area contributed by atoms with Crippen molar-refractivity contribution in [2.24, 2.45) is 0 Å². The first-order chi connectivity index (χ1) is 10.2. The van der Waals surface area contributed by atoms with E-state index in [-0.39, 0.29) is 6.61 Å². The second-order valence-electron chi connectivity index (χ2n) is 6.30. The molecule has 2 rings (SSSR count). The molecule has 1 saturated heterocycles. The van der Waals surface area contributed by atoms with Crippen LogP contribution in [-0.2, 0) is 14.0 Å². The highest BCUT2D eigenvalue weighted by molar-refractivity contribution is 6.55. The number of aliphatic hydroxyl groups is 1. The number of nitrogens with one attached hydrogen (secondary N) is 1. The van der Waals surface area contributed by atoms with Crippen molar-refractivity contribution < 1.29 is 23.9 Å². The third-order valence-corrected chi connectivity index (χ3v) is 4.20. The van der Waals surface area contributed by atoms with E-state index in [2.05, 4.69) is 9.72 Å². The van der Waals surface area contributed by atoms with Crippen LogP contribution in [0.15, 0.2) is 17.7 Å². The number of methoxy groups -OCH3 is 1. The molecule has 0 spiro atoms. The monoisotopic (exact) mass is 307 g/mol. The zero-order chi connectivity index (χ0) is 16.5. The number of hydrogen-bond donors (Lipinski definition) is 2. The maximum atomic E-state index is 11.4. The molecule has 0 aromatic carbocycles. The number of H-pyrrole nitrogens is 1. The van der Waals surface area contributed by atoms with Gasteiger partial charge in [0.2, 0.25) is 0 Å². The summed E-state index contributed by atoms with van der Waals surface area (Å²) in [7, 11) is 0.703. The van der Waals surface area contributed by atoms with Crippen LogP contribution in [0.1, 0.15) is 43.7 Å². The Kier molecular flexibility index (Phi) is 4.51. The Labute approximate surface area is 130 Å². The van der Waals surface area contributed by atoms with Gasteiger partial charge < -0.3 is 24.1 Å². The fourth-order valence-corrected chi connectivity index (χ4v) is 2.12. The molecule has 1 aliphatic rings. The topological polar surface area (TPSA) is 80.8 Å². The van der Waals surface area contributed by atoms with Crippen molar-refractivity contribution in [3.8, 4) is 0 Å². The van der Waals surface area contributed by atoms with Crippen LogP contribution in [-0.4, -0.2) is 48.1 Å². The summed E-state index contributed by atoms with van der Waals surface area (Å²) in [4.78, 5) is 14.3. The minimum Gasteiger partial charge on any atom is -0.464 e. The number of carbonyl (C=O) groups is 1. The van der Waals surface area contributed by atoms with Crippen LogP contribution < -0.4 is 0 Å². The van der Waals surface area contributed by atoms with Gasteiger partial charge in [-0.3, -0.25) is 0 Å². The average Bonchev–Trinajstić information content (AvgIpc) is 2.98. The van der Waals surface area contributed by atoms with Gasteiger partial charge in [-0.25, -0.2) is 4.79 Å². The molecule has 1 aromatic heterocycles. The third-order valence-electron chi connectivity index (χ3n) is 4.20. The summed E-state index contributed by atoms with van der Waals surface area (Å²) in [5.41, 5.74) is 0.732. The smallest absolute Gasteiger partial charge is 0.464 e. The van der Waals surface area contributed by atoms with Gasteiger partial charge in [-0.05, 0) is 44.8 Å². The number of esters is 1. The Morgan fingerprint density at radius 2 is 1.95 bits per heavy atom. The molecule has 0 unspecified atom stereocenters. The molecular weight excluding hydrogens is 285 g/mol. The Morgan fingerprint density at radius 1 is 1.36 bits per heavy atom. The van der Waals surface area contributed by atoms with E-state index in [4.69, 9.17) is 9.31 Å². The molecule has 1 aliphatic heterocycles. The number of hydrogen-bond acceptors (Lipinski definition) is 5. The standard InChI is InChI=1S/C15H22BNO5/c1-14(2)15(3,4)22-16(21-14)11(9-18)6-10-7-12(17-8-10)13(19)20-5/h6-8,17-18H,9H2,1-5H3. The highest BCUT2D eigenvalue weighted by Gasteiger charge is 2.52. The highest BCUT2D eigenvalue weighted by atomic mass is 16.7. The molecule has 0 bridgehead atoms. The molecule has 0 aliphatic carbocycles. The van der Waals surface area contributed by atoms with Gasteiger partial charge in [-0.2, -0.15) is 0 Å². The Hall–Kier alpha value is -1.57. The van der Waals surface area contributed by atoms with Gasteiger partial charge >= 0.3 is 13.1 Å². The lowest BCUT2D eigenvalue weighted by Crippen LogP contribution is -2.41. The molecule has 1 aromatic rings. The lowest BCUT2D eigenvalue weighted by Gasteiger charge is -2.32. The lowest BCUT2D eigenvalue weighted by molar-refractivity contribution is 0.00578. The normalized spacial score (nSPS) is 20.3. The van der Waals surface area contributed by atoms with Crippen LogP contribution in [0.2, 0.25) is 0 Å². The number of rotatable bonds is 4. The molecule has 22 heavy (non-hydrogen) atoms. The molecule has 0 atom stereocenters. The van der Waals surface area contributed by atoms with E-state index in [1.165, 1.54) is 7.11 Å². The second kappa shape index (κ2) is 5.91. The molecule has 0 saturated carbocycles. The average molecular weight is 307 g/mol. The van der Waals surface area contributed by atoms with E-state index in [9.17, 15) is 9.90 Å². The summed E-state index contributed by atoms with van der Waals surface area (Å²) in [6.07, 6.45) is 3.40. The predicted molar refractivity (Wildman–Crippen MR) is 83.3 cm³/mol. The number of aliphatic hydroxyl groups excluding tert-OH is 1. The fourth-order valence-electron chi connectivity index (χ4n) is 2.12. The summed E-state index contributed by atoms with van der Waals surface area (Å²) < 4.78 is 16.5. The number of aromatic nitrogens is 1. The predicted octanol–water partition coefficient (Wildman–Crippen LogP) is 1.81. The first-order valence-corrected chi connectivity index (χ1v) is 7.14. The van der Waals surface area contributed by atoms with Crippen LogP contribution in [0.3, 0.4) is 0 Å². The van der Waals surface area contributed by atoms with Crippen LogP contribution >= 0.6 is 0 Å². The molecule has 6 nitrogen and oxygen atoms in total. The SMILES string of the molecule is COC(=O)c1cc(C=C(CO)B2OC(C)(C)C(C)(C)O2)c[nH]1. The van der Waals surface area contributed by atoms with Crippen LogP contribution in [0.5, 0.6) is 0 Å². The largest absolute Gasteiger partial charge is 0.492 e. The minimum absolute atomic E-state index is 0.199. The Morgan fingerprint density at radius 3 is 2.45 bits per heavy atom. The summed E-state index contributed by atoms with van der Waals surface area (Å²) >= 11 is 0. The van der Waals surface area contributed by atoms with E-state index in [0.29, 0.717) is 11.2 Å². The van der Waals surface area contributed by atoms with Crippen molar-refractivity contribution >= 4 is 19.2 Å². The van der Waals surface area contributed by atoms with Gasteiger partial charge in [0.05, 0.1) is 24.9 Å². The molecule has 0 amide bonds. The molecular formula is C15H22BNO5. The lowest BCUT2D eigenvalue weighted by atomic mass is 9.78. The number of aromatic amines is 1. The van der Waals surface area contributed by atoms with E-state index in [1.54, 1.807) is 18.3 Å². The van der Waals surface area contributed by atoms with Crippen molar-refractivity contribution in [3.05, 3.63) is 29.0 Å². The molecule has 7 heteroatoms. The molecule has 1 fully saturated rings. The third kappa shape index (κ3) is 3.11. The maximum Gasteiger partial charge on any atom is 0.492 e. The molecule has 120 valence electrons. The Balaban J connectivity index is 2.22. The summed E-state index contributed by atoms with van der Waals surface area (Å²) in [6, 6.07) is 1.65.